The Bertz CT molecular complexity index is 766. The molecule has 0 atom stereocenters. The van der Waals surface area contributed by atoms with Crippen molar-refractivity contribution in [3.8, 4) is 0 Å². The zero-order chi connectivity index (χ0) is 19.4. The van der Waals surface area contributed by atoms with Gasteiger partial charge in [0.1, 0.15) is 0 Å². The van der Waals surface area contributed by atoms with Crippen LogP contribution in [0.25, 0.3) is 0 Å². The Kier molecular flexibility index (Phi) is 6.52. The maximum absolute atomic E-state index is 12.4. The van der Waals surface area contributed by atoms with E-state index in [-0.39, 0.29) is 30.1 Å². The largest absolute Gasteiger partial charge is 0.350 e. The number of hydrogen-bond acceptors (Lipinski definition) is 5. The summed E-state index contributed by atoms with van der Waals surface area (Å²) < 4.78 is 38.5. The van der Waals surface area contributed by atoms with Gasteiger partial charge in [-0.05, 0) is 38.3 Å². The van der Waals surface area contributed by atoms with E-state index in [4.69, 9.17) is 9.47 Å². The van der Waals surface area contributed by atoms with E-state index in [0.717, 1.165) is 18.4 Å². The fourth-order valence-electron chi connectivity index (χ4n) is 3.70. The predicted octanol–water partition coefficient (Wildman–Crippen LogP) is 1.58. The Morgan fingerprint density at radius 2 is 1.85 bits per heavy atom. The molecule has 0 spiro atoms. The van der Waals surface area contributed by atoms with Gasteiger partial charge in [0.2, 0.25) is 15.9 Å². The molecule has 0 unspecified atom stereocenters. The maximum atomic E-state index is 12.4. The molecule has 2 aliphatic heterocycles. The second kappa shape index (κ2) is 8.68. The Morgan fingerprint density at radius 1 is 1.19 bits per heavy atom. The Balaban J connectivity index is 1.45. The number of aryl methyl sites for hydroxylation is 2. The number of nitrogens with one attached hydrogen (secondary N) is 1. The van der Waals surface area contributed by atoms with Crippen LogP contribution in [0.3, 0.4) is 0 Å². The van der Waals surface area contributed by atoms with Crippen LogP contribution in [0.15, 0.2) is 23.1 Å². The Labute approximate surface area is 161 Å². The first-order chi connectivity index (χ1) is 12.9. The van der Waals surface area contributed by atoms with Crippen LogP contribution >= 0.6 is 0 Å². The van der Waals surface area contributed by atoms with E-state index in [1.54, 1.807) is 24.0 Å². The normalized spacial score (nSPS) is 19.6. The van der Waals surface area contributed by atoms with E-state index < -0.39 is 10.0 Å². The van der Waals surface area contributed by atoms with Gasteiger partial charge < -0.3 is 14.4 Å². The monoisotopic (exact) mass is 396 g/mol. The number of amides is 1. The van der Waals surface area contributed by atoms with Crippen molar-refractivity contribution < 1.29 is 22.7 Å². The molecule has 0 aliphatic carbocycles. The van der Waals surface area contributed by atoms with Crippen molar-refractivity contribution in [2.24, 2.45) is 5.92 Å². The summed E-state index contributed by atoms with van der Waals surface area (Å²) in [4.78, 5) is 14.5. The van der Waals surface area contributed by atoms with Crippen molar-refractivity contribution in [3.05, 3.63) is 29.3 Å². The molecule has 0 bridgehead atoms. The number of carbonyl (C=O) groups is 1. The summed E-state index contributed by atoms with van der Waals surface area (Å²) in [7, 11) is -3.61. The minimum absolute atomic E-state index is 0.0231. The summed E-state index contributed by atoms with van der Waals surface area (Å²) in [6.45, 7) is 6.41. The topological polar surface area (TPSA) is 84.9 Å². The number of rotatable bonds is 6. The maximum Gasteiger partial charge on any atom is 0.240 e. The van der Waals surface area contributed by atoms with E-state index in [2.05, 4.69) is 4.72 Å². The quantitative estimate of drug-likeness (QED) is 0.789. The molecule has 150 valence electrons. The van der Waals surface area contributed by atoms with Gasteiger partial charge in [-0.3, -0.25) is 4.79 Å². The molecular weight excluding hydrogens is 368 g/mol. The lowest BCUT2D eigenvalue weighted by Gasteiger charge is -2.33. The van der Waals surface area contributed by atoms with Crippen molar-refractivity contribution in [1.29, 1.82) is 0 Å². The minimum atomic E-state index is -3.61. The molecule has 2 heterocycles. The molecule has 2 fully saturated rings. The minimum Gasteiger partial charge on any atom is -0.350 e. The van der Waals surface area contributed by atoms with Crippen molar-refractivity contribution in [2.45, 2.75) is 44.3 Å². The van der Waals surface area contributed by atoms with Gasteiger partial charge in [0.25, 0.3) is 0 Å². The van der Waals surface area contributed by atoms with Gasteiger partial charge in [-0.1, -0.05) is 17.7 Å². The second-order valence-electron chi connectivity index (χ2n) is 7.24. The first-order valence-electron chi connectivity index (χ1n) is 9.45. The van der Waals surface area contributed by atoms with Crippen molar-refractivity contribution in [3.63, 3.8) is 0 Å². The van der Waals surface area contributed by atoms with E-state index in [1.807, 2.05) is 13.0 Å². The number of hydrogen-bond donors (Lipinski definition) is 1. The number of sulfonamides is 1. The summed E-state index contributed by atoms with van der Waals surface area (Å²) in [5.41, 5.74) is 1.71. The van der Waals surface area contributed by atoms with Gasteiger partial charge in [0.05, 0.1) is 18.1 Å². The summed E-state index contributed by atoms with van der Waals surface area (Å²) in [6.07, 6.45) is 1.73. The first-order valence-corrected chi connectivity index (χ1v) is 10.9. The molecule has 0 aromatic heterocycles. The fourth-order valence-corrected chi connectivity index (χ4v) is 4.96. The van der Waals surface area contributed by atoms with Crippen molar-refractivity contribution >= 4 is 15.9 Å². The second-order valence-corrected chi connectivity index (χ2v) is 8.98. The van der Waals surface area contributed by atoms with E-state index in [0.29, 0.717) is 37.8 Å². The van der Waals surface area contributed by atoms with Crippen LogP contribution < -0.4 is 4.72 Å². The highest BCUT2D eigenvalue weighted by atomic mass is 32.2. The number of likely N-dealkylation sites (tertiary alicyclic amines) is 1. The van der Waals surface area contributed by atoms with Gasteiger partial charge in [0, 0.05) is 32.0 Å². The van der Waals surface area contributed by atoms with Crippen LogP contribution in [-0.2, 0) is 24.3 Å². The van der Waals surface area contributed by atoms with E-state index >= 15 is 0 Å². The molecule has 8 heteroatoms. The molecular formula is C19H28N2O5S. The van der Waals surface area contributed by atoms with Crippen LogP contribution in [0.1, 0.15) is 30.4 Å². The predicted molar refractivity (Wildman–Crippen MR) is 101 cm³/mol. The van der Waals surface area contributed by atoms with Gasteiger partial charge in [-0.25, -0.2) is 13.1 Å². The molecule has 1 amide bonds. The third kappa shape index (κ3) is 5.07. The summed E-state index contributed by atoms with van der Waals surface area (Å²) in [5.74, 6) is 0.310. The molecule has 1 aromatic rings. The molecule has 1 N–H and O–H groups in total. The first kappa shape index (κ1) is 20.3. The number of piperidine rings is 1. The van der Waals surface area contributed by atoms with Crippen LogP contribution in [0.5, 0.6) is 0 Å². The standard InChI is InChI=1S/C19H28N2O5S/c1-14-3-4-17(15(2)13-14)27(23,24)20-8-5-18(22)21-9-6-16(7-10-21)19-25-11-12-26-19/h3-4,13,16,19-20H,5-12H2,1-2H3. The van der Waals surface area contributed by atoms with E-state index in [1.165, 1.54) is 0 Å². The van der Waals surface area contributed by atoms with Gasteiger partial charge >= 0.3 is 0 Å². The number of nitrogens with zero attached hydrogens (tertiary/aromatic N) is 1. The fraction of sp³-hybridized carbons (Fsp3) is 0.632. The van der Waals surface area contributed by atoms with Crippen LogP contribution in [0.2, 0.25) is 0 Å². The average molecular weight is 397 g/mol. The van der Waals surface area contributed by atoms with E-state index in [9.17, 15) is 13.2 Å². The summed E-state index contributed by atoms with van der Waals surface area (Å²) >= 11 is 0. The molecule has 1 aromatic carbocycles. The molecule has 27 heavy (non-hydrogen) atoms. The van der Waals surface area contributed by atoms with Crippen LogP contribution in [0, 0.1) is 19.8 Å². The Morgan fingerprint density at radius 3 is 2.48 bits per heavy atom. The lowest BCUT2D eigenvalue weighted by Crippen LogP contribution is -2.42. The zero-order valence-electron chi connectivity index (χ0n) is 15.9. The van der Waals surface area contributed by atoms with Crippen LogP contribution in [0.4, 0.5) is 0 Å². The number of ether oxygens (including phenoxy) is 2. The average Bonchev–Trinajstić information content (AvgIpc) is 3.16. The van der Waals surface area contributed by atoms with Gasteiger partial charge in [-0.15, -0.1) is 0 Å². The SMILES string of the molecule is Cc1ccc(S(=O)(=O)NCCC(=O)N2CCC(C3OCCO3)CC2)c(C)c1. The van der Waals surface area contributed by atoms with Crippen molar-refractivity contribution in [1.82, 2.24) is 9.62 Å². The lowest BCUT2D eigenvalue weighted by atomic mass is 9.96. The van der Waals surface area contributed by atoms with Gasteiger partial charge in [-0.2, -0.15) is 0 Å². The third-order valence-corrected chi connectivity index (χ3v) is 6.80. The molecule has 0 radical (unpaired) electrons. The number of benzene rings is 1. The highest BCUT2D eigenvalue weighted by Gasteiger charge is 2.31. The van der Waals surface area contributed by atoms with Gasteiger partial charge in [0.15, 0.2) is 6.29 Å². The third-order valence-electron chi connectivity index (χ3n) is 5.18. The zero-order valence-corrected chi connectivity index (χ0v) is 16.8. The summed E-state index contributed by atoms with van der Waals surface area (Å²) in [6, 6.07) is 5.21. The molecule has 2 saturated heterocycles. The smallest absolute Gasteiger partial charge is 0.240 e. The molecule has 3 rings (SSSR count). The molecule has 0 saturated carbocycles. The highest BCUT2D eigenvalue weighted by Crippen LogP contribution is 2.26. The lowest BCUT2D eigenvalue weighted by molar-refractivity contribution is -0.136. The highest BCUT2D eigenvalue weighted by molar-refractivity contribution is 7.89. The summed E-state index contributed by atoms with van der Waals surface area (Å²) in [5, 5.41) is 0. The molecule has 2 aliphatic rings. The Hall–Kier alpha value is -1.48. The van der Waals surface area contributed by atoms with Crippen molar-refractivity contribution in [2.75, 3.05) is 32.8 Å². The number of carbonyl (C=O) groups excluding carboxylic acids is 1. The van der Waals surface area contributed by atoms with Crippen LogP contribution in [-0.4, -0.2) is 58.4 Å². The molecule has 7 nitrogen and oxygen atoms in total.